The van der Waals surface area contributed by atoms with Gasteiger partial charge in [-0.25, -0.2) is 22.7 Å². The first-order valence-corrected chi connectivity index (χ1v) is 10.8. The van der Waals surface area contributed by atoms with Crippen molar-refractivity contribution >= 4 is 11.6 Å². The van der Waals surface area contributed by atoms with Crippen molar-refractivity contribution < 1.29 is 22.7 Å². The number of halogens is 3. The number of aromatic nitrogens is 3. The molecule has 1 fully saturated rings. The molecule has 9 heteroatoms. The Kier molecular flexibility index (Phi) is 5.69. The molecule has 1 amide bonds. The minimum absolute atomic E-state index is 0.0495. The average molecular weight is 466 g/mol. The number of carbonyl (C=O) groups is 1. The third kappa shape index (κ3) is 3.76. The Hall–Kier alpha value is -3.88. The number of hydrogen-bond donors (Lipinski definition) is 0. The number of rotatable bonds is 5. The fourth-order valence-electron chi connectivity index (χ4n) is 4.48. The Bertz CT molecular complexity index is 1350. The Labute approximate surface area is 193 Å². The maximum atomic E-state index is 14.0. The first kappa shape index (κ1) is 21.9. The van der Waals surface area contributed by atoms with E-state index in [2.05, 4.69) is 10.1 Å². The molecule has 0 saturated carbocycles. The standard InChI is InChI=1S/C25H21F3N4O2/c1-34-22-7-3-2-5-17(22)19-13-21(23(27)28)32-24(30-19)18(14-29-32)25(33)31-12-4-6-20(31)15-8-10-16(26)11-9-15/h2-3,5,7-11,13-14,20,23H,4,6,12H2,1H3/t20-/m1/s1. The van der Waals surface area contributed by atoms with Crippen LogP contribution >= 0.6 is 0 Å². The summed E-state index contributed by atoms with van der Waals surface area (Å²) in [6.45, 7) is 0.492. The number of methoxy groups -OCH3 is 1. The molecule has 0 spiro atoms. The maximum Gasteiger partial charge on any atom is 0.280 e. The highest BCUT2D eigenvalue weighted by molar-refractivity contribution is 6.00. The molecular weight excluding hydrogens is 445 g/mol. The Morgan fingerprint density at radius 3 is 2.65 bits per heavy atom. The lowest BCUT2D eigenvalue weighted by atomic mass is 10.0. The minimum atomic E-state index is -2.83. The van der Waals surface area contributed by atoms with E-state index >= 15 is 0 Å². The first-order valence-electron chi connectivity index (χ1n) is 10.8. The molecule has 0 aliphatic carbocycles. The van der Waals surface area contributed by atoms with Crippen molar-refractivity contribution in [2.24, 2.45) is 0 Å². The molecule has 2 aromatic carbocycles. The smallest absolute Gasteiger partial charge is 0.280 e. The van der Waals surface area contributed by atoms with Gasteiger partial charge < -0.3 is 9.64 Å². The second-order valence-electron chi connectivity index (χ2n) is 8.07. The van der Waals surface area contributed by atoms with Crippen LogP contribution in [0.3, 0.4) is 0 Å². The molecule has 174 valence electrons. The van der Waals surface area contributed by atoms with Crippen molar-refractivity contribution in [3.05, 3.63) is 83.4 Å². The van der Waals surface area contributed by atoms with E-state index in [0.29, 0.717) is 17.9 Å². The number of ether oxygens (including phenoxy) is 1. The predicted octanol–water partition coefficient (Wildman–Crippen LogP) is 5.46. The Balaban J connectivity index is 1.60. The van der Waals surface area contributed by atoms with Gasteiger partial charge in [0.25, 0.3) is 12.3 Å². The van der Waals surface area contributed by atoms with E-state index in [9.17, 15) is 18.0 Å². The van der Waals surface area contributed by atoms with Crippen molar-refractivity contribution in [2.75, 3.05) is 13.7 Å². The summed E-state index contributed by atoms with van der Waals surface area (Å²) in [5.41, 5.74) is 1.41. The lowest BCUT2D eigenvalue weighted by Crippen LogP contribution is -2.30. The molecule has 0 radical (unpaired) electrons. The molecule has 2 aromatic heterocycles. The molecule has 0 N–H and O–H groups in total. The second kappa shape index (κ2) is 8.81. The number of carbonyl (C=O) groups excluding carboxylic acids is 1. The zero-order valence-electron chi connectivity index (χ0n) is 18.3. The summed E-state index contributed by atoms with van der Waals surface area (Å²) in [5.74, 6) is -0.232. The van der Waals surface area contributed by atoms with Crippen LogP contribution in [-0.4, -0.2) is 39.1 Å². The van der Waals surface area contributed by atoms with Gasteiger partial charge in [-0.05, 0) is 48.7 Å². The highest BCUT2D eigenvalue weighted by Crippen LogP contribution is 2.35. The number of likely N-dealkylation sites (tertiary alicyclic amines) is 1. The van der Waals surface area contributed by atoms with Gasteiger partial charge in [-0.15, -0.1) is 0 Å². The molecule has 6 nitrogen and oxygen atoms in total. The molecule has 3 heterocycles. The third-order valence-corrected chi connectivity index (χ3v) is 6.10. The molecule has 1 aliphatic heterocycles. The normalized spacial score (nSPS) is 15.9. The van der Waals surface area contributed by atoms with Gasteiger partial charge >= 0.3 is 0 Å². The lowest BCUT2D eigenvalue weighted by molar-refractivity contribution is 0.0737. The SMILES string of the molecule is COc1ccccc1-c1cc(C(F)F)n2ncc(C(=O)N3CCC[C@@H]3c3ccc(F)cc3)c2n1. The molecule has 1 aliphatic rings. The largest absolute Gasteiger partial charge is 0.496 e. The number of fused-ring (bicyclic) bond motifs is 1. The van der Waals surface area contributed by atoms with Gasteiger partial charge in [0.2, 0.25) is 0 Å². The molecule has 4 aromatic rings. The number of alkyl halides is 2. The highest BCUT2D eigenvalue weighted by Gasteiger charge is 2.33. The molecule has 0 unspecified atom stereocenters. The van der Waals surface area contributed by atoms with E-state index in [0.717, 1.165) is 22.9 Å². The third-order valence-electron chi connectivity index (χ3n) is 6.10. The minimum Gasteiger partial charge on any atom is -0.496 e. The monoisotopic (exact) mass is 466 g/mol. The quantitative estimate of drug-likeness (QED) is 0.392. The van der Waals surface area contributed by atoms with Crippen LogP contribution in [0.1, 0.15) is 46.9 Å². The summed E-state index contributed by atoms with van der Waals surface area (Å²) in [7, 11) is 1.49. The Morgan fingerprint density at radius 2 is 1.91 bits per heavy atom. The van der Waals surface area contributed by atoms with Crippen molar-refractivity contribution in [3.63, 3.8) is 0 Å². The number of hydrogen-bond acceptors (Lipinski definition) is 4. The summed E-state index contributed by atoms with van der Waals surface area (Å²) in [6, 6.07) is 14.0. The van der Waals surface area contributed by atoms with Crippen LogP contribution in [0.2, 0.25) is 0 Å². The average Bonchev–Trinajstić information content (AvgIpc) is 3.51. The van der Waals surface area contributed by atoms with E-state index in [1.165, 1.54) is 31.5 Å². The zero-order chi connectivity index (χ0) is 23.8. The van der Waals surface area contributed by atoms with Gasteiger partial charge in [0.15, 0.2) is 5.65 Å². The van der Waals surface area contributed by atoms with Gasteiger partial charge in [-0.2, -0.15) is 5.10 Å². The van der Waals surface area contributed by atoms with E-state index in [1.807, 2.05) is 0 Å². The molecule has 0 bridgehead atoms. The van der Waals surface area contributed by atoms with Gasteiger partial charge in [0.05, 0.1) is 25.0 Å². The van der Waals surface area contributed by atoms with Crippen molar-refractivity contribution in [1.29, 1.82) is 0 Å². The van der Waals surface area contributed by atoms with Gasteiger partial charge in [0, 0.05) is 12.1 Å². The fraction of sp³-hybridized carbons (Fsp3) is 0.240. The highest BCUT2D eigenvalue weighted by atomic mass is 19.3. The van der Waals surface area contributed by atoms with E-state index in [4.69, 9.17) is 4.74 Å². The maximum absolute atomic E-state index is 14.0. The van der Waals surface area contributed by atoms with Crippen LogP contribution in [0.4, 0.5) is 13.2 Å². The molecule has 1 atom stereocenters. The van der Waals surface area contributed by atoms with Crippen LogP contribution in [0, 0.1) is 5.82 Å². The van der Waals surface area contributed by atoms with Crippen LogP contribution in [0.25, 0.3) is 16.9 Å². The number of para-hydroxylation sites is 1. The van der Waals surface area contributed by atoms with Crippen molar-refractivity contribution in [2.45, 2.75) is 25.3 Å². The number of nitrogens with zero attached hydrogens (tertiary/aromatic N) is 4. The zero-order valence-corrected chi connectivity index (χ0v) is 18.3. The summed E-state index contributed by atoms with van der Waals surface area (Å²) in [4.78, 5) is 19.8. The lowest BCUT2D eigenvalue weighted by Gasteiger charge is -2.24. The topological polar surface area (TPSA) is 59.7 Å². The van der Waals surface area contributed by atoms with Crippen molar-refractivity contribution in [1.82, 2.24) is 19.5 Å². The molecule has 1 saturated heterocycles. The van der Waals surface area contributed by atoms with Gasteiger partial charge in [0.1, 0.15) is 22.8 Å². The van der Waals surface area contributed by atoms with Crippen LogP contribution in [0.15, 0.2) is 60.8 Å². The Morgan fingerprint density at radius 1 is 1.15 bits per heavy atom. The second-order valence-corrected chi connectivity index (χ2v) is 8.07. The van der Waals surface area contributed by atoms with E-state index < -0.39 is 6.43 Å². The molecular formula is C25H21F3N4O2. The molecule has 5 rings (SSSR count). The fourth-order valence-corrected chi connectivity index (χ4v) is 4.48. The molecule has 34 heavy (non-hydrogen) atoms. The van der Waals surface area contributed by atoms with Crippen LogP contribution in [0.5, 0.6) is 5.75 Å². The predicted molar refractivity (Wildman–Crippen MR) is 119 cm³/mol. The van der Waals surface area contributed by atoms with E-state index in [1.54, 1.807) is 41.3 Å². The van der Waals surface area contributed by atoms with Crippen molar-refractivity contribution in [3.8, 4) is 17.0 Å². The van der Waals surface area contributed by atoms with Gasteiger partial charge in [-0.1, -0.05) is 24.3 Å². The van der Waals surface area contributed by atoms with Crippen LogP contribution < -0.4 is 4.74 Å². The first-order chi connectivity index (χ1) is 16.5. The number of benzene rings is 2. The summed E-state index contributed by atoms with van der Waals surface area (Å²) in [5, 5.41) is 4.06. The van der Waals surface area contributed by atoms with E-state index in [-0.39, 0.29) is 40.4 Å². The number of amides is 1. The summed E-state index contributed by atoms with van der Waals surface area (Å²) >= 11 is 0. The van der Waals surface area contributed by atoms with Crippen LogP contribution in [-0.2, 0) is 0 Å². The summed E-state index contributed by atoms with van der Waals surface area (Å²) in [6.07, 6.45) is -0.0585. The summed E-state index contributed by atoms with van der Waals surface area (Å²) < 4.78 is 47.7. The van der Waals surface area contributed by atoms with Gasteiger partial charge in [-0.3, -0.25) is 4.79 Å².